The Hall–Kier alpha value is -0.350. The van der Waals surface area contributed by atoms with Crippen molar-refractivity contribution in [3.8, 4) is 0 Å². The van der Waals surface area contributed by atoms with Crippen LogP contribution in [-0.4, -0.2) is 31.4 Å². The fraction of sp³-hybridized carbons (Fsp3) is 0.933. The van der Waals surface area contributed by atoms with Crippen LogP contribution >= 0.6 is 12.2 Å². The quantitative estimate of drug-likeness (QED) is 0.424. The lowest BCUT2D eigenvalue weighted by Gasteiger charge is -2.16. The van der Waals surface area contributed by atoms with Gasteiger partial charge in [-0.2, -0.15) is 0 Å². The van der Waals surface area contributed by atoms with E-state index in [0.29, 0.717) is 6.61 Å². The van der Waals surface area contributed by atoms with Crippen molar-refractivity contribution >= 4 is 17.3 Å². The maximum absolute atomic E-state index is 5.22. The predicted octanol–water partition coefficient (Wildman–Crippen LogP) is 3.63. The predicted molar refractivity (Wildman–Crippen MR) is 87.7 cm³/mol. The van der Waals surface area contributed by atoms with Crippen LogP contribution < -0.4 is 10.6 Å². The van der Waals surface area contributed by atoms with Gasteiger partial charge in [0.15, 0.2) is 5.11 Å². The summed E-state index contributed by atoms with van der Waals surface area (Å²) in [5.74, 6) is 0. The summed E-state index contributed by atoms with van der Waals surface area (Å²) in [6.45, 7) is 5.98. The maximum atomic E-state index is 5.22. The topological polar surface area (TPSA) is 33.3 Å². The minimum absolute atomic E-state index is 0.267. The molecule has 0 saturated heterocycles. The van der Waals surface area contributed by atoms with Crippen molar-refractivity contribution in [2.45, 2.75) is 71.3 Å². The Kier molecular flexibility index (Phi) is 13.8. The lowest BCUT2D eigenvalue weighted by atomic mass is 10.1. The third-order valence-electron chi connectivity index (χ3n) is 3.11. The van der Waals surface area contributed by atoms with Gasteiger partial charge in [0.05, 0.1) is 6.61 Å². The van der Waals surface area contributed by atoms with Crippen LogP contribution in [0, 0.1) is 0 Å². The molecule has 0 radical (unpaired) electrons. The Balaban J connectivity index is 3.23. The van der Waals surface area contributed by atoms with Gasteiger partial charge in [0.2, 0.25) is 0 Å². The number of thiocarbonyl (C=S) groups is 1. The molecule has 0 aromatic carbocycles. The van der Waals surface area contributed by atoms with Crippen LogP contribution in [-0.2, 0) is 4.74 Å². The Morgan fingerprint density at radius 2 is 1.63 bits per heavy atom. The molecular formula is C15H32N2OS. The minimum Gasteiger partial charge on any atom is -0.383 e. The minimum atomic E-state index is 0.267. The van der Waals surface area contributed by atoms with Crippen LogP contribution in [0.4, 0.5) is 0 Å². The summed E-state index contributed by atoms with van der Waals surface area (Å²) in [5.41, 5.74) is 0. The van der Waals surface area contributed by atoms with Gasteiger partial charge in [-0.3, -0.25) is 0 Å². The number of rotatable bonds is 12. The Morgan fingerprint density at radius 1 is 1.05 bits per heavy atom. The Morgan fingerprint density at radius 3 is 2.21 bits per heavy atom. The first kappa shape index (κ1) is 18.7. The molecule has 3 nitrogen and oxygen atoms in total. The van der Waals surface area contributed by atoms with Gasteiger partial charge in [0, 0.05) is 19.7 Å². The molecule has 0 amide bonds. The Labute approximate surface area is 124 Å². The zero-order valence-corrected chi connectivity index (χ0v) is 13.8. The van der Waals surface area contributed by atoms with Crippen LogP contribution in [0.25, 0.3) is 0 Å². The summed E-state index contributed by atoms with van der Waals surface area (Å²) in [6.07, 6.45) is 10.8. The number of ether oxygens (including phenoxy) is 1. The first-order valence-electron chi connectivity index (χ1n) is 7.74. The molecule has 0 saturated carbocycles. The molecule has 1 atom stereocenters. The fourth-order valence-corrected chi connectivity index (χ4v) is 2.33. The SMILES string of the molecule is CCCCCCCCCCNC(=S)NC(C)COC. The Bertz CT molecular complexity index is 212. The first-order valence-corrected chi connectivity index (χ1v) is 8.14. The van der Waals surface area contributed by atoms with Gasteiger partial charge in [-0.15, -0.1) is 0 Å². The zero-order chi connectivity index (χ0) is 14.3. The van der Waals surface area contributed by atoms with Gasteiger partial charge in [-0.25, -0.2) is 0 Å². The molecule has 0 aromatic heterocycles. The molecule has 19 heavy (non-hydrogen) atoms. The zero-order valence-electron chi connectivity index (χ0n) is 13.0. The van der Waals surface area contributed by atoms with Crippen molar-refractivity contribution < 1.29 is 4.74 Å². The van der Waals surface area contributed by atoms with E-state index in [1.54, 1.807) is 7.11 Å². The van der Waals surface area contributed by atoms with Crippen molar-refractivity contribution in [3.63, 3.8) is 0 Å². The highest BCUT2D eigenvalue weighted by Gasteiger charge is 2.02. The second-order valence-corrected chi connectivity index (χ2v) is 5.64. The number of nitrogens with one attached hydrogen (secondary N) is 2. The highest BCUT2D eigenvalue weighted by Crippen LogP contribution is 2.07. The van der Waals surface area contributed by atoms with Crippen molar-refractivity contribution in [1.29, 1.82) is 0 Å². The number of methoxy groups -OCH3 is 1. The molecule has 0 aromatic rings. The van der Waals surface area contributed by atoms with E-state index in [0.717, 1.165) is 11.7 Å². The van der Waals surface area contributed by atoms with E-state index in [-0.39, 0.29) is 6.04 Å². The second-order valence-electron chi connectivity index (χ2n) is 5.23. The highest BCUT2D eigenvalue weighted by atomic mass is 32.1. The molecule has 0 heterocycles. The van der Waals surface area contributed by atoms with Gasteiger partial charge >= 0.3 is 0 Å². The van der Waals surface area contributed by atoms with E-state index in [1.165, 1.54) is 51.4 Å². The van der Waals surface area contributed by atoms with E-state index in [1.807, 2.05) is 0 Å². The molecule has 0 spiro atoms. The normalized spacial score (nSPS) is 12.2. The smallest absolute Gasteiger partial charge is 0.166 e. The van der Waals surface area contributed by atoms with E-state index in [2.05, 4.69) is 24.5 Å². The third kappa shape index (κ3) is 13.9. The first-order chi connectivity index (χ1) is 9.20. The second kappa shape index (κ2) is 14.1. The molecule has 1 unspecified atom stereocenters. The van der Waals surface area contributed by atoms with Gasteiger partial charge in [0.25, 0.3) is 0 Å². The van der Waals surface area contributed by atoms with Crippen LogP contribution in [0.5, 0.6) is 0 Å². The molecule has 0 fully saturated rings. The van der Waals surface area contributed by atoms with E-state index >= 15 is 0 Å². The molecule has 114 valence electrons. The largest absolute Gasteiger partial charge is 0.383 e. The summed E-state index contributed by atoms with van der Waals surface area (Å²) >= 11 is 5.22. The standard InChI is InChI=1S/C15H32N2OS/c1-4-5-6-7-8-9-10-11-12-16-15(19)17-14(2)13-18-3/h14H,4-13H2,1-3H3,(H2,16,17,19). The number of hydrogen-bond donors (Lipinski definition) is 2. The monoisotopic (exact) mass is 288 g/mol. The average molecular weight is 289 g/mol. The van der Waals surface area contributed by atoms with E-state index < -0.39 is 0 Å². The molecule has 0 aliphatic heterocycles. The van der Waals surface area contributed by atoms with Crippen molar-refractivity contribution in [2.24, 2.45) is 0 Å². The van der Waals surface area contributed by atoms with Crippen LogP contribution in [0.1, 0.15) is 65.2 Å². The molecular weight excluding hydrogens is 256 g/mol. The third-order valence-corrected chi connectivity index (χ3v) is 3.37. The van der Waals surface area contributed by atoms with E-state index in [9.17, 15) is 0 Å². The number of unbranched alkanes of at least 4 members (excludes halogenated alkanes) is 7. The van der Waals surface area contributed by atoms with E-state index in [4.69, 9.17) is 17.0 Å². The summed E-state index contributed by atoms with van der Waals surface area (Å²) in [7, 11) is 1.70. The fourth-order valence-electron chi connectivity index (χ4n) is 2.03. The summed E-state index contributed by atoms with van der Waals surface area (Å²) in [5, 5.41) is 7.19. The van der Waals surface area contributed by atoms with Crippen molar-refractivity contribution in [3.05, 3.63) is 0 Å². The van der Waals surface area contributed by atoms with Crippen LogP contribution in [0.2, 0.25) is 0 Å². The summed E-state index contributed by atoms with van der Waals surface area (Å²) in [6, 6.07) is 0.267. The van der Waals surface area contributed by atoms with Crippen LogP contribution in [0.15, 0.2) is 0 Å². The average Bonchev–Trinajstić information content (AvgIpc) is 2.37. The van der Waals surface area contributed by atoms with Gasteiger partial charge in [0.1, 0.15) is 0 Å². The summed E-state index contributed by atoms with van der Waals surface area (Å²) < 4.78 is 5.05. The van der Waals surface area contributed by atoms with Gasteiger partial charge in [-0.1, -0.05) is 51.9 Å². The van der Waals surface area contributed by atoms with Gasteiger partial charge in [-0.05, 0) is 25.6 Å². The van der Waals surface area contributed by atoms with Crippen LogP contribution in [0.3, 0.4) is 0 Å². The molecule has 0 rings (SSSR count). The molecule has 0 aliphatic carbocycles. The lowest BCUT2D eigenvalue weighted by Crippen LogP contribution is -2.42. The van der Waals surface area contributed by atoms with Crippen molar-refractivity contribution in [2.75, 3.05) is 20.3 Å². The summed E-state index contributed by atoms with van der Waals surface area (Å²) in [4.78, 5) is 0. The lowest BCUT2D eigenvalue weighted by molar-refractivity contribution is 0.179. The highest BCUT2D eigenvalue weighted by molar-refractivity contribution is 7.80. The number of hydrogen-bond acceptors (Lipinski definition) is 2. The molecule has 0 aliphatic rings. The van der Waals surface area contributed by atoms with Crippen molar-refractivity contribution in [1.82, 2.24) is 10.6 Å². The molecule has 0 bridgehead atoms. The molecule has 4 heteroatoms. The van der Waals surface area contributed by atoms with Gasteiger partial charge < -0.3 is 15.4 Å². The maximum Gasteiger partial charge on any atom is 0.166 e. The molecule has 2 N–H and O–H groups in total.